The third-order valence-electron chi connectivity index (χ3n) is 3.07. The standard InChI is InChI=1S/C15H14N2O3/c1-3-11(4-2)17-14(19)12(13(18)16-15(17)20)10-8-6-5-7-9-10/h1,5-9,11,19H,4H2,2H3,(H,16,18,20). The van der Waals surface area contributed by atoms with Gasteiger partial charge in [-0.25, -0.2) is 9.36 Å². The maximum Gasteiger partial charge on any atom is 0.332 e. The van der Waals surface area contributed by atoms with E-state index in [1.807, 2.05) is 0 Å². The van der Waals surface area contributed by atoms with Gasteiger partial charge in [-0.2, -0.15) is 0 Å². The molecule has 5 nitrogen and oxygen atoms in total. The third-order valence-corrected chi connectivity index (χ3v) is 3.07. The van der Waals surface area contributed by atoms with E-state index in [-0.39, 0.29) is 5.56 Å². The van der Waals surface area contributed by atoms with E-state index < -0.39 is 23.2 Å². The van der Waals surface area contributed by atoms with Crippen LogP contribution in [0.25, 0.3) is 11.1 Å². The lowest BCUT2D eigenvalue weighted by atomic mass is 10.1. The largest absolute Gasteiger partial charge is 0.494 e. The van der Waals surface area contributed by atoms with Crippen molar-refractivity contribution in [2.75, 3.05) is 0 Å². The van der Waals surface area contributed by atoms with E-state index in [0.717, 1.165) is 4.57 Å². The van der Waals surface area contributed by atoms with E-state index in [1.165, 1.54) is 0 Å². The van der Waals surface area contributed by atoms with Crippen LogP contribution in [0.2, 0.25) is 0 Å². The first-order chi connectivity index (χ1) is 9.60. The highest BCUT2D eigenvalue weighted by Crippen LogP contribution is 2.26. The van der Waals surface area contributed by atoms with Gasteiger partial charge in [-0.05, 0) is 12.0 Å². The summed E-state index contributed by atoms with van der Waals surface area (Å²) >= 11 is 0. The maximum atomic E-state index is 11.9. The number of nitrogens with zero attached hydrogens (tertiary/aromatic N) is 1. The molecule has 0 saturated heterocycles. The molecule has 0 radical (unpaired) electrons. The number of aromatic hydroxyl groups is 1. The molecule has 1 heterocycles. The highest BCUT2D eigenvalue weighted by atomic mass is 16.3. The van der Waals surface area contributed by atoms with Crippen LogP contribution in [0.15, 0.2) is 39.9 Å². The summed E-state index contributed by atoms with van der Waals surface area (Å²) in [4.78, 5) is 26.0. The molecule has 2 N–H and O–H groups in total. The average molecular weight is 270 g/mol. The molecular weight excluding hydrogens is 256 g/mol. The number of hydrogen-bond acceptors (Lipinski definition) is 3. The number of aromatic nitrogens is 2. The summed E-state index contributed by atoms with van der Waals surface area (Å²) in [6, 6.07) is 8.01. The minimum Gasteiger partial charge on any atom is -0.494 e. The van der Waals surface area contributed by atoms with E-state index in [1.54, 1.807) is 37.3 Å². The summed E-state index contributed by atoms with van der Waals surface area (Å²) in [6.45, 7) is 1.80. The Labute approximate surface area is 115 Å². The fraction of sp³-hybridized carbons (Fsp3) is 0.200. The van der Waals surface area contributed by atoms with Gasteiger partial charge in [-0.3, -0.25) is 9.78 Å². The summed E-state index contributed by atoms with van der Waals surface area (Å²) in [7, 11) is 0. The second kappa shape index (κ2) is 5.49. The van der Waals surface area contributed by atoms with Gasteiger partial charge in [0.1, 0.15) is 11.6 Å². The second-order valence-corrected chi connectivity index (χ2v) is 4.28. The lowest BCUT2D eigenvalue weighted by Crippen LogP contribution is -2.33. The van der Waals surface area contributed by atoms with E-state index in [9.17, 15) is 14.7 Å². The smallest absolute Gasteiger partial charge is 0.332 e. The van der Waals surface area contributed by atoms with Gasteiger partial charge in [0.15, 0.2) is 0 Å². The van der Waals surface area contributed by atoms with Crippen molar-refractivity contribution in [2.24, 2.45) is 0 Å². The zero-order valence-corrected chi connectivity index (χ0v) is 11.0. The average Bonchev–Trinajstić information content (AvgIpc) is 2.44. The molecule has 20 heavy (non-hydrogen) atoms. The Kier molecular flexibility index (Phi) is 3.76. The Morgan fingerprint density at radius 3 is 2.55 bits per heavy atom. The van der Waals surface area contributed by atoms with Crippen LogP contribution in [0.3, 0.4) is 0 Å². The van der Waals surface area contributed by atoms with Crippen molar-refractivity contribution >= 4 is 0 Å². The number of terminal acetylenes is 1. The van der Waals surface area contributed by atoms with Crippen LogP contribution in [0.4, 0.5) is 0 Å². The molecule has 0 amide bonds. The van der Waals surface area contributed by atoms with Crippen LogP contribution in [0, 0.1) is 12.3 Å². The van der Waals surface area contributed by atoms with Gasteiger partial charge in [-0.15, -0.1) is 6.42 Å². The summed E-state index contributed by atoms with van der Waals surface area (Å²) in [5.74, 6) is 2.02. The Morgan fingerprint density at radius 1 is 1.35 bits per heavy atom. The quantitative estimate of drug-likeness (QED) is 0.830. The van der Waals surface area contributed by atoms with Crippen molar-refractivity contribution in [3.63, 3.8) is 0 Å². The fourth-order valence-corrected chi connectivity index (χ4v) is 2.07. The number of hydrogen-bond donors (Lipinski definition) is 2. The van der Waals surface area contributed by atoms with Gasteiger partial charge in [0.25, 0.3) is 5.56 Å². The molecule has 0 spiro atoms. The summed E-state index contributed by atoms with van der Waals surface area (Å²) < 4.78 is 1.03. The Hall–Kier alpha value is -2.74. The van der Waals surface area contributed by atoms with Crippen molar-refractivity contribution in [3.8, 4) is 29.4 Å². The predicted molar refractivity (Wildman–Crippen MR) is 76.6 cm³/mol. The Bertz CT molecular complexity index is 766. The van der Waals surface area contributed by atoms with Crippen LogP contribution in [-0.2, 0) is 0 Å². The van der Waals surface area contributed by atoms with Crippen LogP contribution in [0.5, 0.6) is 5.88 Å². The Morgan fingerprint density at radius 2 is 2.00 bits per heavy atom. The molecule has 5 heteroatoms. The molecule has 1 aromatic heterocycles. The number of aromatic amines is 1. The van der Waals surface area contributed by atoms with Crippen LogP contribution in [-0.4, -0.2) is 14.7 Å². The topological polar surface area (TPSA) is 75.1 Å². The lowest BCUT2D eigenvalue weighted by Gasteiger charge is -2.15. The second-order valence-electron chi connectivity index (χ2n) is 4.28. The van der Waals surface area contributed by atoms with E-state index >= 15 is 0 Å². The van der Waals surface area contributed by atoms with E-state index in [0.29, 0.717) is 12.0 Å². The van der Waals surface area contributed by atoms with Crippen LogP contribution >= 0.6 is 0 Å². The van der Waals surface area contributed by atoms with Crippen molar-refractivity contribution in [2.45, 2.75) is 19.4 Å². The molecule has 1 atom stereocenters. The number of H-pyrrole nitrogens is 1. The first-order valence-electron chi connectivity index (χ1n) is 6.19. The zero-order valence-electron chi connectivity index (χ0n) is 11.0. The molecule has 0 saturated carbocycles. The SMILES string of the molecule is C#CC(CC)n1c(O)c(-c2ccccc2)c(=O)[nH]c1=O. The van der Waals surface area contributed by atoms with Gasteiger partial charge >= 0.3 is 5.69 Å². The van der Waals surface area contributed by atoms with E-state index in [4.69, 9.17) is 6.42 Å². The fourth-order valence-electron chi connectivity index (χ4n) is 2.07. The van der Waals surface area contributed by atoms with Crippen molar-refractivity contribution in [1.82, 2.24) is 9.55 Å². The monoisotopic (exact) mass is 270 g/mol. The molecule has 0 bridgehead atoms. The third kappa shape index (κ3) is 2.24. The molecule has 0 fully saturated rings. The van der Waals surface area contributed by atoms with Gasteiger partial charge in [0, 0.05) is 0 Å². The normalized spacial score (nSPS) is 11.8. The number of rotatable bonds is 3. The van der Waals surface area contributed by atoms with E-state index in [2.05, 4.69) is 10.9 Å². The molecule has 102 valence electrons. The number of benzene rings is 1. The Balaban J connectivity index is 2.79. The maximum absolute atomic E-state index is 11.9. The van der Waals surface area contributed by atoms with Crippen LogP contribution in [0.1, 0.15) is 19.4 Å². The summed E-state index contributed by atoms with van der Waals surface area (Å²) in [5, 5.41) is 10.3. The van der Waals surface area contributed by atoms with Crippen LogP contribution < -0.4 is 11.2 Å². The lowest BCUT2D eigenvalue weighted by molar-refractivity contribution is 0.387. The summed E-state index contributed by atoms with van der Waals surface area (Å²) in [5.41, 5.74) is -0.787. The highest BCUT2D eigenvalue weighted by molar-refractivity contribution is 5.67. The predicted octanol–water partition coefficient (Wildman–Crippen LogP) is 1.49. The molecule has 2 rings (SSSR count). The molecule has 0 aliphatic rings. The van der Waals surface area contributed by atoms with Gasteiger partial charge in [0.2, 0.25) is 5.88 Å². The van der Waals surface area contributed by atoms with Crippen molar-refractivity contribution < 1.29 is 5.11 Å². The van der Waals surface area contributed by atoms with Crippen molar-refractivity contribution in [3.05, 3.63) is 51.2 Å². The van der Waals surface area contributed by atoms with Gasteiger partial charge in [-0.1, -0.05) is 43.2 Å². The molecule has 0 aliphatic carbocycles. The highest BCUT2D eigenvalue weighted by Gasteiger charge is 2.19. The van der Waals surface area contributed by atoms with Gasteiger partial charge in [0.05, 0.1) is 0 Å². The minimum atomic E-state index is -0.711. The molecule has 1 unspecified atom stereocenters. The first-order valence-corrected chi connectivity index (χ1v) is 6.19. The zero-order chi connectivity index (χ0) is 14.7. The summed E-state index contributed by atoms with van der Waals surface area (Å²) in [6.07, 6.45) is 5.83. The molecule has 2 aromatic rings. The molecular formula is C15H14N2O3. The number of nitrogens with one attached hydrogen (secondary N) is 1. The minimum absolute atomic E-state index is 0.0406. The van der Waals surface area contributed by atoms with Crippen molar-refractivity contribution in [1.29, 1.82) is 0 Å². The van der Waals surface area contributed by atoms with Gasteiger partial charge < -0.3 is 5.11 Å². The first kappa shape index (κ1) is 13.7. The molecule has 1 aromatic carbocycles. The molecule has 0 aliphatic heterocycles.